The number of para-hydroxylation sites is 1. The maximum atomic E-state index is 12.7. The number of methoxy groups -OCH3 is 1. The highest BCUT2D eigenvalue weighted by molar-refractivity contribution is 9.10. The van der Waals surface area contributed by atoms with Crippen LogP contribution in [0.3, 0.4) is 0 Å². The van der Waals surface area contributed by atoms with Crippen LogP contribution in [0.2, 0.25) is 0 Å². The van der Waals surface area contributed by atoms with E-state index in [1.165, 1.54) is 7.11 Å². The van der Waals surface area contributed by atoms with Gasteiger partial charge in [0.1, 0.15) is 6.61 Å². The van der Waals surface area contributed by atoms with Crippen molar-refractivity contribution in [1.29, 1.82) is 0 Å². The third kappa shape index (κ3) is 4.02. The Morgan fingerprint density at radius 2 is 2.00 bits per heavy atom. The Morgan fingerprint density at radius 1 is 1.26 bits per heavy atom. The lowest BCUT2D eigenvalue weighted by atomic mass is 10.1. The lowest BCUT2D eigenvalue weighted by Gasteiger charge is -2.12. The highest BCUT2D eigenvalue weighted by Gasteiger charge is 2.36. The maximum Gasteiger partial charge on any atom is 0.298 e. The number of anilines is 1. The highest BCUT2D eigenvalue weighted by atomic mass is 79.9. The minimum Gasteiger partial charge on any atom is -0.493 e. The molecule has 1 fully saturated rings. The van der Waals surface area contributed by atoms with Gasteiger partial charge in [-0.3, -0.25) is 9.59 Å². The largest absolute Gasteiger partial charge is 0.493 e. The molecule has 7 heteroatoms. The van der Waals surface area contributed by atoms with E-state index < -0.39 is 0 Å². The minimum atomic E-state index is -0.362. The van der Waals surface area contributed by atoms with Gasteiger partial charge in [0.2, 0.25) is 0 Å². The zero-order valence-electron chi connectivity index (χ0n) is 14.3. The van der Waals surface area contributed by atoms with E-state index in [9.17, 15) is 9.59 Å². The van der Waals surface area contributed by atoms with Gasteiger partial charge in [-0.1, -0.05) is 24.1 Å². The molecular weight excluding hydrogens is 430 g/mol. The predicted octanol–water partition coefficient (Wildman–Crippen LogP) is 4.71. The minimum absolute atomic E-state index is 0.101. The molecule has 0 bridgehead atoms. The van der Waals surface area contributed by atoms with Gasteiger partial charge in [-0.05, 0) is 63.6 Å². The van der Waals surface area contributed by atoms with Crippen molar-refractivity contribution in [2.24, 2.45) is 0 Å². The second-order valence-electron chi connectivity index (χ2n) is 5.38. The standard InChI is InChI=1S/C20H14BrNO4S/c1-3-9-26-18-15(21)10-13(11-16(18)25-2)12-17-19(23)22(20(24)27-17)14-7-5-4-6-8-14/h1,4-8,10-12H,9H2,2H3/b17-12-. The first kappa shape index (κ1) is 19.1. The molecule has 5 nitrogen and oxygen atoms in total. The van der Waals surface area contributed by atoms with Crippen LogP contribution in [0.1, 0.15) is 5.56 Å². The molecule has 2 aromatic rings. The van der Waals surface area contributed by atoms with Gasteiger partial charge in [0.05, 0.1) is 22.2 Å². The lowest BCUT2D eigenvalue weighted by molar-refractivity contribution is -0.113. The number of benzene rings is 2. The summed E-state index contributed by atoms with van der Waals surface area (Å²) >= 11 is 4.32. The molecule has 27 heavy (non-hydrogen) atoms. The van der Waals surface area contributed by atoms with E-state index in [0.717, 1.165) is 16.7 Å². The molecule has 0 aliphatic carbocycles. The van der Waals surface area contributed by atoms with Crippen molar-refractivity contribution in [1.82, 2.24) is 0 Å². The van der Waals surface area contributed by atoms with Gasteiger partial charge in [-0.15, -0.1) is 6.42 Å². The number of carbonyl (C=O) groups is 2. The first-order chi connectivity index (χ1) is 13.0. The Bertz CT molecular complexity index is 966. The van der Waals surface area contributed by atoms with Crippen LogP contribution in [0.4, 0.5) is 10.5 Å². The molecular formula is C20H14BrNO4S. The zero-order chi connectivity index (χ0) is 19.4. The first-order valence-corrected chi connectivity index (χ1v) is 9.43. The van der Waals surface area contributed by atoms with Crippen molar-refractivity contribution in [3.8, 4) is 23.8 Å². The quantitative estimate of drug-likeness (QED) is 0.494. The normalized spacial score (nSPS) is 15.1. The number of amides is 2. The number of thioether (sulfide) groups is 1. The fourth-order valence-electron chi connectivity index (χ4n) is 2.50. The number of hydrogen-bond donors (Lipinski definition) is 0. The molecule has 0 saturated carbocycles. The van der Waals surface area contributed by atoms with Gasteiger partial charge in [-0.2, -0.15) is 0 Å². The molecule has 2 aromatic carbocycles. The van der Waals surface area contributed by atoms with Gasteiger partial charge < -0.3 is 9.47 Å². The van der Waals surface area contributed by atoms with Gasteiger partial charge in [0.15, 0.2) is 11.5 Å². The van der Waals surface area contributed by atoms with Gasteiger partial charge in [0, 0.05) is 0 Å². The highest BCUT2D eigenvalue weighted by Crippen LogP contribution is 2.39. The van der Waals surface area contributed by atoms with E-state index in [1.807, 2.05) is 6.07 Å². The van der Waals surface area contributed by atoms with E-state index in [4.69, 9.17) is 15.9 Å². The van der Waals surface area contributed by atoms with Gasteiger partial charge >= 0.3 is 0 Å². The molecule has 1 heterocycles. The molecule has 1 aliphatic heterocycles. The summed E-state index contributed by atoms with van der Waals surface area (Å²) in [6.07, 6.45) is 6.87. The summed E-state index contributed by atoms with van der Waals surface area (Å²) in [4.78, 5) is 26.5. The molecule has 0 unspecified atom stereocenters. The molecule has 0 N–H and O–H groups in total. The molecule has 2 amide bonds. The summed E-state index contributed by atoms with van der Waals surface area (Å²) < 4.78 is 11.5. The Kier molecular flexibility index (Phi) is 5.89. The third-order valence-electron chi connectivity index (χ3n) is 3.66. The molecule has 3 rings (SSSR count). The smallest absolute Gasteiger partial charge is 0.298 e. The molecule has 136 valence electrons. The molecule has 1 aliphatic rings. The number of hydrogen-bond acceptors (Lipinski definition) is 5. The van der Waals surface area contributed by atoms with Crippen molar-refractivity contribution in [2.45, 2.75) is 0 Å². The van der Waals surface area contributed by atoms with Crippen LogP contribution in [-0.4, -0.2) is 24.9 Å². The van der Waals surface area contributed by atoms with Crippen molar-refractivity contribution in [3.63, 3.8) is 0 Å². The van der Waals surface area contributed by atoms with Gasteiger partial charge in [-0.25, -0.2) is 4.90 Å². The average Bonchev–Trinajstić information content (AvgIpc) is 2.94. The molecule has 1 saturated heterocycles. The summed E-state index contributed by atoms with van der Waals surface area (Å²) in [5, 5.41) is -0.336. The number of rotatable bonds is 5. The van der Waals surface area contributed by atoms with E-state index in [-0.39, 0.29) is 17.8 Å². The summed E-state index contributed by atoms with van der Waals surface area (Å²) in [5.74, 6) is 2.98. The first-order valence-electron chi connectivity index (χ1n) is 7.82. The number of halogens is 1. The number of nitrogens with zero attached hydrogens (tertiary/aromatic N) is 1. The average molecular weight is 444 g/mol. The molecule has 0 atom stereocenters. The van der Waals surface area contributed by atoms with E-state index in [1.54, 1.807) is 42.5 Å². The summed E-state index contributed by atoms with van der Waals surface area (Å²) in [6, 6.07) is 12.3. The van der Waals surface area contributed by atoms with E-state index in [2.05, 4.69) is 21.9 Å². The third-order valence-corrected chi connectivity index (χ3v) is 5.12. The van der Waals surface area contributed by atoms with E-state index in [0.29, 0.717) is 32.1 Å². The van der Waals surface area contributed by atoms with Crippen LogP contribution in [0.5, 0.6) is 11.5 Å². The van der Waals surface area contributed by atoms with Crippen LogP contribution < -0.4 is 14.4 Å². The number of carbonyl (C=O) groups excluding carboxylic acids is 2. The van der Waals surface area contributed by atoms with Crippen molar-refractivity contribution >= 4 is 50.6 Å². The SMILES string of the molecule is C#CCOc1c(Br)cc(/C=C2\SC(=O)N(c3ccccc3)C2=O)cc1OC. The van der Waals surface area contributed by atoms with Crippen molar-refractivity contribution in [3.05, 3.63) is 57.4 Å². The second-order valence-corrected chi connectivity index (χ2v) is 7.23. The Labute approximate surface area is 169 Å². The van der Waals surface area contributed by atoms with Crippen LogP contribution in [0.25, 0.3) is 6.08 Å². The Hall–Kier alpha value is -2.69. The van der Waals surface area contributed by atoms with Gasteiger partial charge in [0.25, 0.3) is 11.1 Å². The zero-order valence-corrected chi connectivity index (χ0v) is 16.7. The van der Waals surface area contributed by atoms with Crippen molar-refractivity contribution < 1.29 is 19.1 Å². The lowest BCUT2D eigenvalue weighted by Crippen LogP contribution is -2.27. The molecule has 0 radical (unpaired) electrons. The summed E-state index contributed by atoms with van der Waals surface area (Å²) in [7, 11) is 1.51. The predicted molar refractivity (Wildman–Crippen MR) is 110 cm³/mol. The fraction of sp³-hybridized carbons (Fsp3) is 0.100. The van der Waals surface area contributed by atoms with Crippen LogP contribution in [0.15, 0.2) is 51.8 Å². The fourth-order valence-corrected chi connectivity index (χ4v) is 3.91. The monoisotopic (exact) mass is 443 g/mol. The van der Waals surface area contributed by atoms with E-state index >= 15 is 0 Å². The Balaban J connectivity index is 1.93. The van der Waals surface area contributed by atoms with Crippen LogP contribution >= 0.6 is 27.7 Å². The number of terminal acetylenes is 1. The summed E-state index contributed by atoms with van der Waals surface area (Å²) in [6.45, 7) is 0.101. The summed E-state index contributed by atoms with van der Waals surface area (Å²) in [5.41, 5.74) is 1.23. The Morgan fingerprint density at radius 3 is 2.67 bits per heavy atom. The van der Waals surface area contributed by atoms with Crippen LogP contribution in [-0.2, 0) is 4.79 Å². The maximum absolute atomic E-state index is 12.7. The van der Waals surface area contributed by atoms with Crippen molar-refractivity contribution in [2.75, 3.05) is 18.6 Å². The number of ether oxygens (including phenoxy) is 2. The topological polar surface area (TPSA) is 55.8 Å². The molecule has 0 aromatic heterocycles. The van der Waals surface area contributed by atoms with Crippen LogP contribution in [0, 0.1) is 12.3 Å². The second kappa shape index (κ2) is 8.33. The molecule has 0 spiro atoms. The number of imide groups is 1.